The highest BCUT2D eigenvalue weighted by Crippen LogP contribution is 2.44. The van der Waals surface area contributed by atoms with Crippen LogP contribution < -0.4 is 9.80 Å². The summed E-state index contributed by atoms with van der Waals surface area (Å²) in [5.41, 5.74) is 5.72. The predicted octanol–water partition coefficient (Wildman–Crippen LogP) is 4.75. The van der Waals surface area contributed by atoms with Crippen LogP contribution in [0.25, 0.3) is 0 Å². The first-order valence-corrected chi connectivity index (χ1v) is 8.87. The van der Waals surface area contributed by atoms with Crippen molar-refractivity contribution in [3.63, 3.8) is 0 Å². The lowest BCUT2D eigenvalue weighted by Crippen LogP contribution is -2.38. The summed E-state index contributed by atoms with van der Waals surface area (Å²) in [7, 11) is 2.21. The number of hydrogen-bond donors (Lipinski definition) is 0. The highest BCUT2D eigenvalue weighted by molar-refractivity contribution is 5.66. The fourth-order valence-electron chi connectivity index (χ4n) is 4.48. The van der Waals surface area contributed by atoms with Gasteiger partial charge in [-0.1, -0.05) is 50.2 Å². The zero-order valence-electron chi connectivity index (χ0n) is 15.0. The van der Waals surface area contributed by atoms with Gasteiger partial charge in [-0.05, 0) is 42.7 Å². The van der Waals surface area contributed by atoms with Crippen LogP contribution in [0.4, 0.5) is 11.4 Å². The molecule has 24 heavy (non-hydrogen) atoms. The quantitative estimate of drug-likeness (QED) is 0.788. The first-order valence-electron chi connectivity index (χ1n) is 8.87. The van der Waals surface area contributed by atoms with Crippen LogP contribution in [0, 0.1) is 0 Å². The number of nitrogens with zero attached hydrogens (tertiary/aromatic N) is 2. The molecule has 0 amide bonds. The minimum absolute atomic E-state index is 0.115. The highest BCUT2D eigenvalue weighted by atomic mass is 15.2. The third-order valence-electron chi connectivity index (χ3n) is 5.82. The van der Waals surface area contributed by atoms with Crippen molar-refractivity contribution in [2.45, 2.75) is 44.7 Å². The van der Waals surface area contributed by atoms with Gasteiger partial charge in [0.25, 0.3) is 0 Å². The van der Waals surface area contributed by atoms with E-state index in [1.165, 1.54) is 22.5 Å². The predicted molar refractivity (Wildman–Crippen MR) is 103 cm³/mol. The molecule has 2 heterocycles. The Morgan fingerprint density at radius 3 is 2.42 bits per heavy atom. The van der Waals surface area contributed by atoms with E-state index in [0.29, 0.717) is 12.1 Å². The van der Waals surface area contributed by atoms with Crippen LogP contribution in [-0.4, -0.2) is 19.1 Å². The second-order valence-corrected chi connectivity index (χ2v) is 7.73. The molecule has 2 unspecified atom stereocenters. The van der Waals surface area contributed by atoms with E-state index in [1.807, 2.05) is 0 Å². The van der Waals surface area contributed by atoms with Gasteiger partial charge in [0.05, 0.1) is 6.04 Å². The van der Waals surface area contributed by atoms with Gasteiger partial charge >= 0.3 is 0 Å². The molecule has 0 fully saturated rings. The molecule has 0 spiro atoms. The molecule has 0 radical (unpaired) electrons. The van der Waals surface area contributed by atoms with Crippen LogP contribution in [0.5, 0.6) is 0 Å². The van der Waals surface area contributed by atoms with Gasteiger partial charge in [-0.2, -0.15) is 0 Å². The highest BCUT2D eigenvalue weighted by Gasteiger charge is 2.41. The monoisotopic (exact) mass is 318 g/mol. The zero-order valence-corrected chi connectivity index (χ0v) is 15.0. The molecular weight excluding hydrogens is 292 g/mol. The lowest BCUT2D eigenvalue weighted by Gasteiger charge is -2.31. The Morgan fingerprint density at radius 2 is 1.67 bits per heavy atom. The van der Waals surface area contributed by atoms with E-state index in [0.717, 1.165) is 6.42 Å². The number of rotatable bonds is 2. The van der Waals surface area contributed by atoms with Crippen LogP contribution in [0.3, 0.4) is 0 Å². The molecule has 2 aromatic rings. The second kappa shape index (κ2) is 5.41. The van der Waals surface area contributed by atoms with Crippen LogP contribution in [0.15, 0.2) is 60.8 Å². The Morgan fingerprint density at radius 1 is 1.00 bits per heavy atom. The largest absolute Gasteiger partial charge is 0.367 e. The summed E-state index contributed by atoms with van der Waals surface area (Å²) in [6.45, 7) is 7.01. The molecule has 0 aliphatic carbocycles. The molecule has 2 atom stereocenters. The molecule has 0 N–H and O–H groups in total. The maximum absolute atomic E-state index is 2.43. The van der Waals surface area contributed by atoms with Crippen molar-refractivity contribution in [1.82, 2.24) is 0 Å². The van der Waals surface area contributed by atoms with Gasteiger partial charge in [0.15, 0.2) is 0 Å². The summed E-state index contributed by atoms with van der Waals surface area (Å²) in [5, 5.41) is 0. The SMILES string of the molecule is CC1Cc2ccccc2N1/C=C/C1N(C)c2ccccc2C1(C)C. The van der Waals surface area contributed by atoms with Gasteiger partial charge in [0, 0.05) is 36.1 Å². The van der Waals surface area contributed by atoms with E-state index in [9.17, 15) is 0 Å². The van der Waals surface area contributed by atoms with E-state index in [2.05, 4.69) is 98.4 Å². The van der Waals surface area contributed by atoms with Crippen LogP contribution in [-0.2, 0) is 11.8 Å². The minimum atomic E-state index is 0.115. The first-order chi connectivity index (χ1) is 11.5. The van der Waals surface area contributed by atoms with E-state index < -0.39 is 0 Å². The molecule has 4 rings (SSSR count). The molecule has 0 bridgehead atoms. The van der Waals surface area contributed by atoms with Gasteiger partial charge < -0.3 is 9.80 Å². The van der Waals surface area contributed by atoms with Crippen molar-refractivity contribution < 1.29 is 0 Å². The molecule has 2 nitrogen and oxygen atoms in total. The lowest BCUT2D eigenvalue weighted by molar-refractivity contribution is 0.487. The number of fused-ring (bicyclic) bond motifs is 2. The van der Waals surface area contributed by atoms with Crippen molar-refractivity contribution in [3.8, 4) is 0 Å². The molecule has 2 aliphatic rings. The topological polar surface area (TPSA) is 6.48 Å². The summed E-state index contributed by atoms with van der Waals surface area (Å²) in [5.74, 6) is 0. The van der Waals surface area contributed by atoms with Crippen LogP contribution in [0.2, 0.25) is 0 Å². The smallest absolute Gasteiger partial charge is 0.0579 e. The fourth-order valence-corrected chi connectivity index (χ4v) is 4.48. The summed E-state index contributed by atoms with van der Waals surface area (Å²) in [6.07, 6.45) is 5.83. The Balaban J connectivity index is 1.66. The summed E-state index contributed by atoms with van der Waals surface area (Å²) < 4.78 is 0. The average molecular weight is 318 g/mol. The lowest BCUT2D eigenvalue weighted by atomic mass is 9.80. The molecular formula is C22H26N2. The summed E-state index contributed by atoms with van der Waals surface area (Å²) in [4.78, 5) is 4.85. The van der Waals surface area contributed by atoms with Gasteiger partial charge in [-0.25, -0.2) is 0 Å². The van der Waals surface area contributed by atoms with Crippen LogP contribution in [0.1, 0.15) is 31.9 Å². The molecule has 2 aliphatic heterocycles. The fraction of sp³-hybridized carbons (Fsp3) is 0.364. The number of likely N-dealkylation sites (N-methyl/N-ethyl adjacent to an activating group) is 1. The molecule has 2 aromatic carbocycles. The number of anilines is 2. The van der Waals surface area contributed by atoms with Crippen molar-refractivity contribution in [1.29, 1.82) is 0 Å². The van der Waals surface area contributed by atoms with Crippen molar-refractivity contribution >= 4 is 11.4 Å². The second-order valence-electron chi connectivity index (χ2n) is 7.73. The standard InChI is InChI=1S/C22H26N2/c1-16-15-17-9-5-7-11-19(17)24(16)14-13-21-22(2,3)18-10-6-8-12-20(18)23(21)4/h5-14,16,21H,15H2,1-4H3/b14-13+. The number of hydrogen-bond acceptors (Lipinski definition) is 2. The Bertz CT molecular complexity index is 790. The van der Waals surface area contributed by atoms with E-state index in [1.54, 1.807) is 0 Å². The summed E-state index contributed by atoms with van der Waals surface area (Å²) in [6, 6.07) is 18.5. The van der Waals surface area contributed by atoms with E-state index >= 15 is 0 Å². The molecule has 124 valence electrons. The van der Waals surface area contributed by atoms with Crippen LogP contribution >= 0.6 is 0 Å². The zero-order chi connectivity index (χ0) is 16.9. The van der Waals surface area contributed by atoms with Crippen molar-refractivity contribution in [3.05, 3.63) is 71.9 Å². The molecule has 0 saturated carbocycles. The Labute approximate surface area is 145 Å². The summed E-state index contributed by atoms with van der Waals surface area (Å²) >= 11 is 0. The normalized spacial score (nSPS) is 24.5. The van der Waals surface area contributed by atoms with Gasteiger partial charge in [-0.3, -0.25) is 0 Å². The maximum Gasteiger partial charge on any atom is 0.0579 e. The first kappa shape index (κ1) is 15.3. The van der Waals surface area contributed by atoms with E-state index in [4.69, 9.17) is 0 Å². The van der Waals surface area contributed by atoms with E-state index in [-0.39, 0.29) is 5.41 Å². The molecule has 0 saturated heterocycles. The Kier molecular flexibility index (Phi) is 3.45. The van der Waals surface area contributed by atoms with Gasteiger partial charge in [0.1, 0.15) is 0 Å². The number of benzene rings is 2. The van der Waals surface area contributed by atoms with Gasteiger partial charge in [-0.15, -0.1) is 0 Å². The van der Waals surface area contributed by atoms with Crippen molar-refractivity contribution in [2.75, 3.05) is 16.8 Å². The van der Waals surface area contributed by atoms with Gasteiger partial charge in [0.2, 0.25) is 0 Å². The number of para-hydroxylation sites is 2. The maximum atomic E-state index is 2.43. The third-order valence-corrected chi connectivity index (χ3v) is 5.82. The minimum Gasteiger partial charge on any atom is -0.367 e. The molecule has 0 aromatic heterocycles. The average Bonchev–Trinajstić information content (AvgIpc) is 2.99. The Hall–Kier alpha value is -2.22. The third kappa shape index (κ3) is 2.16. The van der Waals surface area contributed by atoms with Crippen molar-refractivity contribution in [2.24, 2.45) is 0 Å². The molecule has 2 heteroatoms.